The first kappa shape index (κ1) is 13.4. The highest BCUT2D eigenvalue weighted by Gasteiger charge is 2.09. The van der Waals surface area contributed by atoms with Crippen molar-refractivity contribution in [2.24, 2.45) is 5.73 Å². The van der Waals surface area contributed by atoms with Crippen LogP contribution in [0.5, 0.6) is 0 Å². The van der Waals surface area contributed by atoms with Crippen molar-refractivity contribution in [1.82, 2.24) is 0 Å². The molecule has 0 heterocycles. The quantitative estimate of drug-likeness (QED) is 0.779. The van der Waals surface area contributed by atoms with Crippen molar-refractivity contribution >= 4 is 22.5 Å². The molecule has 2 aromatic carbocycles. The highest BCUT2D eigenvalue weighted by molar-refractivity contribution is 7.99. The van der Waals surface area contributed by atoms with Gasteiger partial charge in [0, 0.05) is 11.8 Å². The standard InChI is InChI=1S/C16H21NS/c1-2-3-11-18-12-16(17)15-10-6-8-13-7-4-5-9-14(13)15/h4-10,16H,2-3,11-12,17H2,1H3. The van der Waals surface area contributed by atoms with Crippen LogP contribution in [0.25, 0.3) is 10.8 Å². The van der Waals surface area contributed by atoms with E-state index in [0.29, 0.717) is 0 Å². The van der Waals surface area contributed by atoms with Crippen molar-refractivity contribution in [3.05, 3.63) is 48.0 Å². The third-order valence-corrected chi connectivity index (χ3v) is 4.33. The highest BCUT2D eigenvalue weighted by atomic mass is 32.2. The second-order valence-corrected chi connectivity index (χ2v) is 5.75. The molecule has 0 aliphatic carbocycles. The monoisotopic (exact) mass is 259 g/mol. The minimum atomic E-state index is 0.137. The van der Waals surface area contributed by atoms with Gasteiger partial charge in [0.1, 0.15) is 0 Å². The Bertz CT molecular complexity index is 490. The molecule has 1 atom stereocenters. The van der Waals surface area contributed by atoms with Crippen LogP contribution < -0.4 is 5.73 Å². The Kier molecular flexibility index (Phi) is 5.09. The maximum Gasteiger partial charge on any atom is 0.0392 e. The number of fused-ring (bicyclic) bond motifs is 1. The smallest absolute Gasteiger partial charge is 0.0392 e. The van der Waals surface area contributed by atoms with E-state index in [4.69, 9.17) is 5.73 Å². The van der Waals surface area contributed by atoms with Gasteiger partial charge in [-0.2, -0.15) is 11.8 Å². The average Bonchev–Trinajstić information content (AvgIpc) is 2.43. The van der Waals surface area contributed by atoms with Crippen LogP contribution in [0.1, 0.15) is 31.4 Å². The zero-order valence-corrected chi connectivity index (χ0v) is 11.7. The van der Waals surface area contributed by atoms with Crippen LogP contribution in [0, 0.1) is 0 Å². The summed E-state index contributed by atoms with van der Waals surface area (Å²) in [6, 6.07) is 15.0. The number of thioether (sulfide) groups is 1. The van der Waals surface area contributed by atoms with Crippen molar-refractivity contribution in [2.45, 2.75) is 25.8 Å². The fraction of sp³-hybridized carbons (Fsp3) is 0.375. The van der Waals surface area contributed by atoms with Crippen molar-refractivity contribution in [2.75, 3.05) is 11.5 Å². The van der Waals surface area contributed by atoms with E-state index < -0.39 is 0 Å². The topological polar surface area (TPSA) is 26.0 Å². The maximum atomic E-state index is 6.32. The first-order chi connectivity index (χ1) is 8.83. The van der Waals surface area contributed by atoms with E-state index in [2.05, 4.69) is 49.4 Å². The predicted octanol–water partition coefficient (Wildman–Crippen LogP) is 4.37. The van der Waals surface area contributed by atoms with Gasteiger partial charge in [-0.25, -0.2) is 0 Å². The summed E-state index contributed by atoms with van der Waals surface area (Å²) in [5.41, 5.74) is 7.60. The minimum absolute atomic E-state index is 0.137. The highest BCUT2D eigenvalue weighted by Crippen LogP contribution is 2.25. The van der Waals surface area contributed by atoms with Gasteiger partial charge in [0.15, 0.2) is 0 Å². The molecule has 0 aromatic heterocycles. The lowest BCUT2D eigenvalue weighted by molar-refractivity contribution is 0.835. The number of benzene rings is 2. The van der Waals surface area contributed by atoms with Crippen molar-refractivity contribution in [3.63, 3.8) is 0 Å². The summed E-state index contributed by atoms with van der Waals surface area (Å²) in [7, 11) is 0. The molecular weight excluding hydrogens is 238 g/mol. The van der Waals surface area contributed by atoms with Crippen LogP contribution in [0.3, 0.4) is 0 Å². The van der Waals surface area contributed by atoms with E-state index in [-0.39, 0.29) is 6.04 Å². The molecule has 0 radical (unpaired) electrons. The molecule has 0 spiro atoms. The van der Waals surface area contributed by atoms with E-state index in [1.165, 1.54) is 34.9 Å². The van der Waals surface area contributed by atoms with Gasteiger partial charge in [0.2, 0.25) is 0 Å². The summed E-state index contributed by atoms with van der Waals surface area (Å²) < 4.78 is 0. The molecule has 0 saturated heterocycles. The maximum absolute atomic E-state index is 6.32. The summed E-state index contributed by atoms with van der Waals surface area (Å²) in [6.07, 6.45) is 2.55. The second kappa shape index (κ2) is 6.81. The minimum Gasteiger partial charge on any atom is -0.323 e. The third kappa shape index (κ3) is 3.27. The van der Waals surface area contributed by atoms with Crippen LogP contribution in [0.4, 0.5) is 0 Å². The molecule has 1 nitrogen and oxygen atoms in total. The summed E-state index contributed by atoms with van der Waals surface area (Å²) in [6.45, 7) is 2.23. The number of unbranched alkanes of at least 4 members (excludes halogenated alkanes) is 1. The summed E-state index contributed by atoms with van der Waals surface area (Å²) in [4.78, 5) is 0. The van der Waals surface area contributed by atoms with Crippen LogP contribution in [0.2, 0.25) is 0 Å². The lowest BCUT2D eigenvalue weighted by atomic mass is 10.0. The zero-order chi connectivity index (χ0) is 12.8. The SMILES string of the molecule is CCCCSCC(N)c1cccc2ccccc12. The van der Waals surface area contributed by atoms with E-state index >= 15 is 0 Å². The lowest BCUT2D eigenvalue weighted by Gasteiger charge is -2.14. The third-order valence-electron chi connectivity index (χ3n) is 3.16. The van der Waals surface area contributed by atoms with Gasteiger partial charge in [-0.05, 0) is 28.5 Å². The van der Waals surface area contributed by atoms with Gasteiger partial charge in [0.25, 0.3) is 0 Å². The summed E-state index contributed by atoms with van der Waals surface area (Å²) in [5.74, 6) is 2.23. The fourth-order valence-corrected chi connectivity index (χ4v) is 3.21. The Morgan fingerprint density at radius 2 is 1.89 bits per heavy atom. The molecular formula is C16H21NS. The van der Waals surface area contributed by atoms with Gasteiger partial charge in [-0.1, -0.05) is 55.8 Å². The molecule has 0 aliphatic rings. The molecule has 2 heteroatoms. The van der Waals surface area contributed by atoms with Crippen molar-refractivity contribution in [3.8, 4) is 0 Å². The van der Waals surface area contributed by atoms with Gasteiger partial charge in [0.05, 0.1) is 0 Å². The molecule has 2 aromatic rings. The molecule has 2 rings (SSSR count). The molecule has 0 saturated carbocycles. The molecule has 0 amide bonds. The van der Waals surface area contributed by atoms with Gasteiger partial charge in [-0.15, -0.1) is 0 Å². The second-order valence-electron chi connectivity index (χ2n) is 4.60. The van der Waals surface area contributed by atoms with Crippen LogP contribution in [-0.2, 0) is 0 Å². The Labute approximate surface area is 114 Å². The normalized spacial score (nSPS) is 12.8. The number of nitrogens with two attached hydrogens (primary N) is 1. The zero-order valence-electron chi connectivity index (χ0n) is 10.9. The molecule has 2 N–H and O–H groups in total. The lowest BCUT2D eigenvalue weighted by Crippen LogP contribution is -2.13. The molecule has 0 bridgehead atoms. The Balaban J connectivity index is 2.10. The van der Waals surface area contributed by atoms with Crippen molar-refractivity contribution < 1.29 is 0 Å². The molecule has 18 heavy (non-hydrogen) atoms. The molecule has 96 valence electrons. The number of hydrogen-bond donors (Lipinski definition) is 1. The van der Waals surface area contributed by atoms with Crippen LogP contribution in [0.15, 0.2) is 42.5 Å². The molecule has 0 fully saturated rings. The fourth-order valence-electron chi connectivity index (χ4n) is 2.12. The number of rotatable bonds is 6. The van der Waals surface area contributed by atoms with Gasteiger partial charge >= 0.3 is 0 Å². The van der Waals surface area contributed by atoms with E-state index in [1.807, 2.05) is 11.8 Å². The van der Waals surface area contributed by atoms with E-state index in [0.717, 1.165) is 5.75 Å². The molecule has 0 aliphatic heterocycles. The summed E-state index contributed by atoms with van der Waals surface area (Å²) in [5, 5.41) is 2.58. The average molecular weight is 259 g/mol. The van der Waals surface area contributed by atoms with E-state index in [1.54, 1.807) is 0 Å². The number of hydrogen-bond acceptors (Lipinski definition) is 2. The van der Waals surface area contributed by atoms with Crippen molar-refractivity contribution in [1.29, 1.82) is 0 Å². The first-order valence-corrected chi connectivity index (χ1v) is 7.79. The van der Waals surface area contributed by atoms with Gasteiger partial charge < -0.3 is 5.73 Å². The Hall–Kier alpha value is -0.990. The largest absolute Gasteiger partial charge is 0.323 e. The predicted molar refractivity (Wildman–Crippen MR) is 83.1 cm³/mol. The summed E-state index contributed by atoms with van der Waals surface area (Å²) >= 11 is 1.96. The molecule has 1 unspecified atom stereocenters. The Morgan fingerprint density at radius 3 is 2.72 bits per heavy atom. The first-order valence-electron chi connectivity index (χ1n) is 6.64. The van der Waals surface area contributed by atoms with Crippen LogP contribution >= 0.6 is 11.8 Å². The van der Waals surface area contributed by atoms with Gasteiger partial charge in [-0.3, -0.25) is 0 Å². The van der Waals surface area contributed by atoms with E-state index in [9.17, 15) is 0 Å². The Morgan fingerprint density at radius 1 is 1.11 bits per heavy atom. The van der Waals surface area contributed by atoms with Crippen LogP contribution in [-0.4, -0.2) is 11.5 Å².